The molecule has 0 bridgehead atoms. The van der Waals surface area contributed by atoms with Crippen molar-refractivity contribution in [3.8, 4) is 0 Å². The summed E-state index contributed by atoms with van der Waals surface area (Å²) in [4.78, 5) is 21.6. The largest absolute Gasteiger partial charge is 0.455 e. The van der Waals surface area contributed by atoms with Crippen LogP contribution >= 0.6 is 0 Å². The average molecular weight is 420 g/mol. The van der Waals surface area contributed by atoms with E-state index in [0.29, 0.717) is 6.26 Å². The maximum atomic E-state index is 12.8. The van der Waals surface area contributed by atoms with Gasteiger partial charge in [0.2, 0.25) is 5.91 Å². The zero-order valence-electron chi connectivity index (χ0n) is 13.5. The van der Waals surface area contributed by atoms with E-state index in [9.17, 15) is 45.3 Å². The second-order valence-electron chi connectivity index (χ2n) is 5.33. The van der Waals surface area contributed by atoms with Crippen LogP contribution in [0.25, 0.3) is 0 Å². The van der Waals surface area contributed by atoms with Crippen LogP contribution in [0, 0.1) is 10.1 Å². The maximum Gasteiger partial charge on any atom is 0.455 e. The molecular weight excluding hydrogens is 407 g/mol. The minimum atomic E-state index is -5.85. The van der Waals surface area contributed by atoms with Crippen LogP contribution in [0.1, 0.15) is 11.1 Å². The number of rotatable bonds is 8. The fourth-order valence-electron chi connectivity index (χ4n) is 1.75. The minimum Gasteiger partial charge on any atom is -0.349 e. The van der Waals surface area contributed by atoms with Gasteiger partial charge in [0.15, 0.2) is 0 Å². The van der Waals surface area contributed by atoms with Gasteiger partial charge in [-0.1, -0.05) is 6.07 Å². The number of nitrogens with zero attached hydrogens (tertiary/aromatic N) is 1. The van der Waals surface area contributed by atoms with Crippen LogP contribution in [0.4, 0.5) is 27.6 Å². The SMILES string of the molecule is CS(=O)(=O)OCc1cc([N+](=O)[O-])ccc1CC(=O)NCC(F)(F)C(F)(F)F. The van der Waals surface area contributed by atoms with Crippen LogP contribution in [-0.2, 0) is 32.1 Å². The Kier molecular flexibility index (Phi) is 6.83. The zero-order chi connectivity index (χ0) is 21.0. The van der Waals surface area contributed by atoms with E-state index in [2.05, 4.69) is 4.18 Å². The fraction of sp³-hybridized carbons (Fsp3) is 0.462. The average Bonchev–Trinajstić information content (AvgIpc) is 2.50. The van der Waals surface area contributed by atoms with Gasteiger partial charge in [-0.2, -0.15) is 30.4 Å². The molecule has 1 N–H and O–H groups in total. The lowest BCUT2D eigenvalue weighted by Crippen LogP contribution is -2.47. The molecule has 0 fully saturated rings. The molecule has 0 aliphatic rings. The van der Waals surface area contributed by atoms with E-state index >= 15 is 0 Å². The number of nitrogens with one attached hydrogen (secondary N) is 1. The third-order valence-electron chi connectivity index (χ3n) is 3.10. The smallest absolute Gasteiger partial charge is 0.349 e. The van der Waals surface area contributed by atoms with Crippen molar-refractivity contribution >= 4 is 21.7 Å². The first-order chi connectivity index (χ1) is 12.1. The minimum absolute atomic E-state index is 0.0444. The van der Waals surface area contributed by atoms with Crippen LogP contribution in [0.3, 0.4) is 0 Å². The van der Waals surface area contributed by atoms with Crippen LogP contribution in [0.2, 0.25) is 0 Å². The van der Waals surface area contributed by atoms with Gasteiger partial charge >= 0.3 is 12.1 Å². The molecule has 0 saturated carbocycles. The lowest BCUT2D eigenvalue weighted by molar-refractivity contribution is -0.385. The monoisotopic (exact) mass is 420 g/mol. The lowest BCUT2D eigenvalue weighted by atomic mass is 10.0. The van der Waals surface area contributed by atoms with Crippen molar-refractivity contribution in [3.63, 3.8) is 0 Å². The van der Waals surface area contributed by atoms with E-state index in [1.54, 1.807) is 0 Å². The van der Waals surface area contributed by atoms with Crippen LogP contribution in [0.5, 0.6) is 0 Å². The standard InChI is InChI=1S/C13H13F5N2O6S/c1-27(24,25)26-6-9-4-10(20(22)23)3-2-8(9)5-11(21)19-7-12(14,15)13(16,17)18/h2-4H,5-7H2,1H3,(H,19,21). The van der Waals surface area contributed by atoms with Gasteiger partial charge < -0.3 is 5.32 Å². The quantitative estimate of drug-likeness (QED) is 0.297. The summed E-state index contributed by atoms with van der Waals surface area (Å²) >= 11 is 0. The van der Waals surface area contributed by atoms with Crippen LogP contribution in [-0.4, -0.2) is 44.1 Å². The van der Waals surface area contributed by atoms with E-state index in [-0.39, 0.29) is 11.1 Å². The molecule has 152 valence electrons. The molecule has 27 heavy (non-hydrogen) atoms. The third-order valence-corrected chi connectivity index (χ3v) is 3.65. The van der Waals surface area contributed by atoms with Crippen molar-refractivity contribution in [3.05, 3.63) is 39.4 Å². The number of halogens is 5. The van der Waals surface area contributed by atoms with Gasteiger partial charge in [-0.3, -0.25) is 19.1 Å². The van der Waals surface area contributed by atoms with E-state index in [0.717, 1.165) is 18.2 Å². The second kappa shape index (κ2) is 8.12. The van der Waals surface area contributed by atoms with Crippen molar-refractivity contribution in [1.29, 1.82) is 0 Å². The summed E-state index contributed by atoms with van der Waals surface area (Å²) in [6, 6.07) is 2.90. The number of carbonyl (C=O) groups is 1. The fourth-order valence-corrected chi connectivity index (χ4v) is 2.09. The molecule has 0 atom stereocenters. The van der Waals surface area contributed by atoms with Gasteiger partial charge in [0.05, 0.1) is 30.8 Å². The molecule has 1 amide bonds. The molecular formula is C13H13F5N2O6S. The lowest BCUT2D eigenvalue weighted by Gasteiger charge is -2.20. The molecule has 8 nitrogen and oxygen atoms in total. The summed E-state index contributed by atoms with van der Waals surface area (Å²) in [6.45, 7) is -2.68. The number of benzene rings is 1. The topological polar surface area (TPSA) is 116 Å². The summed E-state index contributed by atoms with van der Waals surface area (Å²) in [6.07, 6.45) is -5.87. The van der Waals surface area contributed by atoms with Crippen LogP contribution < -0.4 is 5.32 Å². The zero-order valence-corrected chi connectivity index (χ0v) is 14.4. The first kappa shape index (κ1) is 22.7. The molecule has 0 aliphatic carbocycles. The predicted molar refractivity (Wildman–Crippen MR) is 80.4 cm³/mol. The van der Waals surface area contributed by atoms with E-state index in [1.165, 1.54) is 5.32 Å². The van der Waals surface area contributed by atoms with E-state index in [1.807, 2.05) is 0 Å². The van der Waals surface area contributed by atoms with Gasteiger partial charge in [0.25, 0.3) is 15.8 Å². The predicted octanol–water partition coefficient (Wildman–Crippen LogP) is 1.93. The van der Waals surface area contributed by atoms with Crippen molar-refractivity contribution in [2.75, 3.05) is 12.8 Å². The number of carbonyl (C=O) groups excluding carboxylic acids is 1. The number of nitro groups is 1. The highest BCUT2D eigenvalue weighted by atomic mass is 32.2. The van der Waals surface area contributed by atoms with E-state index in [4.69, 9.17) is 0 Å². The third kappa shape index (κ3) is 7.05. The number of amides is 1. The Labute approximate surface area is 149 Å². The molecule has 0 aliphatic heterocycles. The molecule has 0 radical (unpaired) electrons. The second-order valence-corrected chi connectivity index (χ2v) is 6.98. The number of nitro benzene ring substituents is 1. The molecule has 0 heterocycles. The molecule has 1 aromatic rings. The summed E-state index contributed by atoms with van der Waals surface area (Å²) in [5.41, 5.74) is -0.626. The first-order valence-electron chi connectivity index (χ1n) is 6.94. The molecule has 14 heteroatoms. The Bertz CT molecular complexity index is 825. The highest BCUT2D eigenvalue weighted by molar-refractivity contribution is 7.85. The molecule has 0 saturated heterocycles. The molecule has 0 aromatic heterocycles. The maximum absolute atomic E-state index is 12.8. The van der Waals surface area contributed by atoms with Gasteiger partial charge in [-0.05, 0) is 11.1 Å². The Morgan fingerprint density at radius 2 is 1.81 bits per heavy atom. The van der Waals surface area contributed by atoms with Crippen molar-refractivity contribution in [2.24, 2.45) is 0 Å². The van der Waals surface area contributed by atoms with Crippen molar-refractivity contribution in [1.82, 2.24) is 5.32 Å². The molecule has 1 rings (SSSR count). The van der Waals surface area contributed by atoms with E-state index < -0.39 is 58.3 Å². The summed E-state index contributed by atoms with van der Waals surface area (Å²) in [5.74, 6) is -6.37. The molecule has 0 unspecified atom stereocenters. The highest BCUT2D eigenvalue weighted by Gasteiger charge is 2.57. The summed E-state index contributed by atoms with van der Waals surface area (Å²) in [7, 11) is -3.94. The molecule has 0 spiro atoms. The van der Waals surface area contributed by atoms with Crippen molar-refractivity contribution < 1.29 is 44.3 Å². The first-order valence-corrected chi connectivity index (χ1v) is 8.76. The number of hydrogen-bond acceptors (Lipinski definition) is 6. The van der Waals surface area contributed by atoms with Gasteiger partial charge in [-0.15, -0.1) is 0 Å². The Hall–Kier alpha value is -2.35. The normalized spacial score (nSPS) is 12.7. The Balaban J connectivity index is 2.94. The molecule has 1 aromatic carbocycles. The Morgan fingerprint density at radius 3 is 2.30 bits per heavy atom. The van der Waals surface area contributed by atoms with Gasteiger partial charge in [0.1, 0.15) is 0 Å². The van der Waals surface area contributed by atoms with Crippen LogP contribution in [0.15, 0.2) is 18.2 Å². The number of alkyl halides is 5. The summed E-state index contributed by atoms with van der Waals surface area (Å²) < 4.78 is 88.4. The Morgan fingerprint density at radius 1 is 1.22 bits per heavy atom. The summed E-state index contributed by atoms with van der Waals surface area (Å²) in [5, 5.41) is 12.2. The number of non-ortho nitro benzene ring substituents is 1. The van der Waals surface area contributed by atoms with Gasteiger partial charge in [-0.25, -0.2) is 0 Å². The van der Waals surface area contributed by atoms with Gasteiger partial charge in [0, 0.05) is 12.1 Å². The number of hydrogen-bond donors (Lipinski definition) is 1. The van der Waals surface area contributed by atoms with Crippen molar-refractivity contribution in [2.45, 2.75) is 25.1 Å². The highest BCUT2D eigenvalue weighted by Crippen LogP contribution is 2.34.